The average Bonchev–Trinajstić information content (AvgIpc) is 3.60. The molecule has 0 radical (unpaired) electrons. The number of aromatic nitrogens is 3. The van der Waals surface area contributed by atoms with Crippen LogP contribution in [-0.4, -0.2) is 46.6 Å². The number of amides is 2. The lowest BCUT2D eigenvalue weighted by molar-refractivity contribution is 0.0786. The molecule has 228 valence electrons. The van der Waals surface area contributed by atoms with Gasteiger partial charge in [0.15, 0.2) is 0 Å². The molecule has 2 aromatic heterocycles. The van der Waals surface area contributed by atoms with Gasteiger partial charge in [-0.05, 0) is 40.8 Å². The highest BCUT2D eigenvalue weighted by atomic mass is 32.1. The van der Waals surface area contributed by atoms with Gasteiger partial charge in [0.25, 0.3) is 5.91 Å². The van der Waals surface area contributed by atoms with Gasteiger partial charge in [0.1, 0.15) is 23.2 Å². The third-order valence-corrected chi connectivity index (χ3v) is 9.35. The molecule has 0 fully saturated rings. The van der Waals surface area contributed by atoms with Crippen LogP contribution in [0.3, 0.4) is 0 Å². The van der Waals surface area contributed by atoms with E-state index in [1.165, 1.54) is 29.5 Å². The number of carboxylic acid groups (broad SMARTS) is 1. The summed E-state index contributed by atoms with van der Waals surface area (Å²) in [5.74, 6) is -0.873. The van der Waals surface area contributed by atoms with Crippen LogP contribution in [0.1, 0.15) is 42.9 Å². The van der Waals surface area contributed by atoms with Crippen LogP contribution < -0.4 is 10.6 Å². The summed E-state index contributed by atoms with van der Waals surface area (Å²) in [5, 5.41) is 21.4. The summed E-state index contributed by atoms with van der Waals surface area (Å²) >= 11 is 1.33. The van der Waals surface area contributed by atoms with E-state index in [1.807, 2.05) is 39.1 Å². The van der Waals surface area contributed by atoms with Gasteiger partial charge in [-0.3, -0.25) is 4.79 Å². The third kappa shape index (κ3) is 8.82. The summed E-state index contributed by atoms with van der Waals surface area (Å²) in [7, 11) is -1.16. The first-order valence-corrected chi connectivity index (χ1v) is 18.5. The summed E-state index contributed by atoms with van der Waals surface area (Å²) < 4.78 is 21.8. The maximum Gasteiger partial charge on any atom is 0.405 e. The number of thiazole rings is 1. The SMILES string of the molecule is CC(C)(C)C(NC(=O)O)c1ccc(-c2cc(F)ccc2NC(=O)c2csc(-c3cnn(COCC[Si](C)(C)C)c3)n2)cc1. The zero-order chi connectivity index (χ0) is 31.4. The van der Waals surface area contributed by atoms with Crippen LogP contribution >= 0.6 is 11.3 Å². The van der Waals surface area contributed by atoms with Crippen molar-refractivity contribution >= 4 is 37.1 Å². The number of carbonyl (C=O) groups is 2. The smallest absolute Gasteiger partial charge is 0.405 e. The van der Waals surface area contributed by atoms with Crippen molar-refractivity contribution in [2.75, 3.05) is 11.9 Å². The first-order valence-electron chi connectivity index (χ1n) is 14.0. The molecule has 1 atom stereocenters. The van der Waals surface area contributed by atoms with E-state index in [1.54, 1.807) is 28.4 Å². The van der Waals surface area contributed by atoms with Crippen molar-refractivity contribution in [1.29, 1.82) is 0 Å². The van der Waals surface area contributed by atoms with Crippen molar-refractivity contribution in [2.45, 2.75) is 59.2 Å². The lowest BCUT2D eigenvalue weighted by Gasteiger charge is -2.31. The Labute approximate surface area is 256 Å². The highest BCUT2D eigenvalue weighted by Gasteiger charge is 2.28. The molecule has 43 heavy (non-hydrogen) atoms. The van der Waals surface area contributed by atoms with Gasteiger partial charge in [-0.2, -0.15) is 5.10 Å². The number of nitrogens with one attached hydrogen (secondary N) is 2. The first-order chi connectivity index (χ1) is 20.2. The molecule has 2 aromatic carbocycles. The Bertz CT molecular complexity index is 1570. The molecular formula is C31H38FN5O4SSi. The molecule has 0 aliphatic rings. The predicted molar refractivity (Wildman–Crippen MR) is 171 cm³/mol. The van der Waals surface area contributed by atoms with Crippen LogP contribution in [0.15, 0.2) is 60.2 Å². The molecule has 4 aromatic rings. The van der Waals surface area contributed by atoms with Crippen molar-refractivity contribution in [3.63, 3.8) is 0 Å². The quantitative estimate of drug-likeness (QED) is 0.116. The Balaban J connectivity index is 1.47. The Morgan fingerprint density at radius 2 is 1.84 bits per heavy atom. The van der Waals surface area contributed by atoms with Crippen LogP contribution in [0.4, 0.5) is 14.9 Å². The fraction of sp³-hybridized carbons (Fsp3) is 0.355. The number of hydrogen-bond acceptors (Lipinski definition) is 6. The van der Waals surface area contributed by atoms with E-state index in [4.69, 9.17) is 4.74 Å². The fourth-order valence-electron chi connectivity index (χ4n) is 4.42. The molecule has 0 saturated carbocycles. The number of benzene rings is 2. The molecule has 4 rings (SSSR count). The molecule has 3 N–H and O–H groups in total. The Morgan fingerprint density at radius 1 is 1.12 bits per heavy atom. The van der Waals surface area contributed by atoms with Gasteiger partial charge in [0.2, 0.25) is 0 Å². The van der Waals surface area contributed by atoms with E-state index in [0.717, 1.165) is 17.2 Å². The lowest BCUT2D eigenvalue weighted by atomic mass is 9.82. The maximum absolute atomic E-state index is 14.3. The fourth-order valence-corrected chi connectivity index (χ4v) is 5.95. The average molecular weight is 624 g/mol. The van der Waals surface area contributed by atoms with E-state index in [-0.39, 0.29) is 11.1 Å². The van der Waals surface area contributed by atoms with Crippen LogP contribution in [0, 0.1) is 11.2 Å². The second-order valence-corrected chi connectivity index (χ2v) is 19.1. The van der Waals surface area contributed by atoms with Crippen molar-refractivity contribution in [3.8, 4) is 21.7 Å². The number of carbonyl (C=O) groups excluding carboxylic acids is 1. The molecule has 0 spiro atoms. The Morgan fingerprint density at radius 3 is 2.49 bits per heavy atom. The molecule has 0 aliphatic heterocycles. The summed E-state index contributed by atoms with van der Waals surface area (Å²) in [6, 6.07) is 12.0. The summed E-state index contributed by atoms with van der Waals surface area (Å²) in [6.07, 6.45) is 2.42. The minimum absolute atomic E-state index is 0.234. The van der Waals surface area contributed by atoms with Crippen LogP contribution in [0.2, 0.25) is 25.7 Å². The largest absolute Gasteiger partial charge is 0.465 e. The predicted octanol–water partition coefficient (Wildman–Crippen LogP) is 7.73. The molecule has 9 nitrogen and oxygen atoms in total. The van der Waals surface area contributed by atoms with E-state index in [2.05, 4.69) is 40.4 Å². The normalized spacial score (nSPS) is 12.6. The summed E-state index contributed by atoms with van der Waals surface area (Å²) in [5.41, 5.74) is 3.00. The highest BCUT2D eigenvalue weighted by molar-refractivity contribution is 7.13. The van der Waals surface area contributed by atoms with E-state index < -0.39 is 31.9 Å². The minimum atomic E-state index is -1.16. The molecular weight excluding hydrogens is 586 g/mol. The van der Waals surface area contributed by atoms with Crippen LogP contribution in [-0.2, 0) is 11.5 Å². The van der Waals surface area contributed by atoms with Gasteiger partial charge in [-0.15, -0.1) is 11.3 Å². The maximum atomic E-state index is 14.3. The van der Waals surface area contributed by atoms with E-state index >= 15 is 0 Å². The van der Waals surface area contributed by atoms with Crippen LogP contribution in [0.25, 0.3) is 21.7 Å². The number of anilines is 1. The minimum Gasteiger partial charge on any atom is -0.465 e. The molecule has 12 heteroatoms. The Hall–Kier alpha value is -3.87. The molecule has 1 unspecified atom stereocenters. The van der Waals surface area contributed by atoms with Gasteiger partial charge >= 0.3 is 6.09 Å². The molecule has 0 saturated heterocycles. The molecule has 2 amide bonds. The van der Waals surface area contributed by atoms with E-state index in [0.29, 0.717) is 35.2 Å². The summed E-state index contributed by atoms with van der Waals surface area (Å²) in [6.45, 7) is 13.8. The zero-order valence-corrected chi connectivity index (χ0v) is 27.1. The van der Waals surface area contributed by atoms with Gasteiger partial charge < -0.3 is 20.5 Å². The number of rotatable bonds is 11. The van der Waals surface area contributed by atoms with Gasteiger partial charge in [-0.1, -0.05) is 64.7 Å². The highest BCUT2D eigenvalue weighted by Crippen LogP contribution is 2.35. The van der Waals surface area contributed by atoms with Gasteiger partial charge in [0, 0.05) is 43.1 Å². The standard InChI is InChI=1S/C31H38FN5O4SSi/c1-31(2,3)27(36-30(39)40)21-9-7-20(8-10-21)24-15-23(32)11-12-25(24)34-28(38)26-18-42-29(35-26)22-16-33-37(17-22)19-41-13-14-43(4,5)6/h7-12,15-18,27,36H,13-14,19H2,1-6H3,(H,34,38)(H,39,40). The van der Waals surface area contributed by atoms with Gasteiger partial charge in [0.05, 0.1) is 12.2 Å². The molecule has 0 aliphatic carbocycles. The molecule has 0 bridgehead atoms. The molecule has 2 heterocycles. The number of halogens is 1. The van der Waals surface area contributed by atoms with Crippen molar-refractivity contribution in [3.05, 3.63) is 77.3 Å². The van der Waals surface area contributed by atoms with Gasteiger partial charge in [-0.25, -0.2) is 18.9 Å². The third-order valence-electron chi connectivity index (χ3n) is 6.76. The zero-order valence-electron chi connectivity index (χ0n) is 25.3. The monoisotopic (exact) mass is 623 g/mol. The Kier molecular flexibility index (Phi) is 9.83. The van der Waals surface area contributed by atoms with Crippen molar-refractivity contribution in [2.24, 2.45) is 5.41 Å². The lowest BCUT2D eigenvalue weighted by Crippen LogP contribution is -2.35. The van der Waals surface area contributed by atoms with Crippen LogP contribution in [0.5, 0.6) is 0 Å². The number of ether oxygens (including phenoxy) is 1. The first kappa shape index (κ1) is 32.0. The van der Waals surface area contributed by atoms with Crippen molar-refractivity contribution < 1.29 is 23.8 Å². The number of hydrogen-bond donors (Lipinski definition) is 3. The second kappa shape index (κ2) is 13.2. The number of nitrogens with zero attached hydrogens (tertiary/aromatic N) is 3. The second-order valence-electron chi connectivity index (χ2n) is 12.7. The topological polar surface area (TPSA) is 118 Å². The van der Waals surface area contributed by atoms with E-state index in [9.17, 15) is 19.1 Å². The summed E-state index contributed by atoms with van der Waals surface area (Å²) in [4.78, 5) is 29.1. The van der Waals surface area contributed by atoms with Crippen molar-refractivity contribution in [1.82, 2.24) is 20.1 Å².